The van der Waals surface area contributed by atoms with Crippen molar-refractivity contribution in [3.05, 3.63) is 219 Å². The highest BCUT2D eigenvalue weighted by atomic mass is 14.8. The Morgan fingerprint density at radius 2 is 0.364 bits per heavy atom. The zero-order valence-electron chi connectivity index (χ0n) is 35.5. The normalized spacial score (nSPS) is 11.6. The van der Waals surface area contributed by atoms with Gasteiger partial charge in [-0.15, -0.1) is 0 Å². The molecule has 0 spiro atoms. The van der Waals surface area contributed by atoms with Gasteiger partial charge in [0, 0.05) is 103 Å². The summed E-state index contributed by atoms with van der Waals surface area (Å²) in [6.45, 7) is 0. The van der Waals surface area contributed by atoms with E-state index in [1.807, 2.05) is 55.4 Å². The zero-order valence-corrected chi connectivity index (χ0v) is 35.5. The van der Waals surface area contributed by atoms with Crippen LogP contribution in [-0.2, 0) is 0 Å². The second-order valence-electron chi connectivity index (χ2n) is 16.9. The molecule has 0 amide bonds. The van der Waals surface area contributed by atoms with E-state index < -0.39 is 0 Å². The molecule has 66 heavy (non-hydrogen) atoms. The van der Waals surface area contributed by atoms with Crippen LogP contribution in [0.25, 0.3) is 132 Å². The molecule has 6 aromatic heterocycles. The fourth-order valence-electron chi connectivity index (χ4n) is 9.35. The molecule has 0 atom stereocenters. The van der Waals surface area contributed by atoms with Gasteiger partial charge < -0.3 is 0 Å². The summed E-state index contributed by atoms with van der Waals surface area (Å²) >= 11 is 0. The predicted molar refractivity (Wildman–Crippen MR) is 271 cm³/mol. The minimum absolute atomic E-state index is 0.873. The van der Waals surface area contributed by atoms with Gasteiger partial charge in [-0.25, -0.2) is 0 Å². The monoisotopic (exact) mass is 840 g/mol. The predicted octanol–water partition coefficient (Wildman–Crippen LogP) is 15.0. The molecule has 0 unspecified atom stereocenters. The van der Waals surface area contributed by atoms with E-state index in [2.05, 4.69) is 164 Å². The molecule has 0 saturated carbocycles. The lowest BCUT2D eigenvalue weighted by atomic mass is 9.93. The molecule has 0 aliphatic rings. The minimum Gasteiger partial charge on any atom is -0.253 e. The minimum atomic E-state index is 0.873. The van der Waals surface area contributed by atoms with Crippen molar-refractivity contribution < 1.29 is 0 Å². The van der Waals surface area contributed by atoms with Gasteiger partial charge in [0.1, 0.15) is 0 Å². The molecule has 0 radical (unpaired) electrons. The van der Waals surface area contributed by atoms with Crippen LogP contribution >= 0.6 is 0 Å². The number of pyridine rings is 6. The van der Waals surface area contributed by atoms with Crippen LogP contribution in [-0.4, -0.2) is 29.9 Å². The van der Waals surface area contributed by atoms with Crippen molar-refractivity contribution >= 4 is 65.4 Å². The number of hydrogen-bond donors (Lipinski definition) is 0. The number of nitrogens with zero attached hydrogens (tertiary/aromatic N) is 6. The van der Waals surface area contributed by atoms with E-state index in [0.717, 1.165) is 132 Å². The number of benzene rings is 7. The third-order valence-corrected chi connectivity index (χ3v) is 12.8. The van der Waals surface area contributed by atoms with Crippen LogP contribution in [0.15, 0.2) is 219 Å². The molecule has 0 aliphatic carbocycles. The lowest BCUT2D eigenvalue weighted by Gasteiger charge is -2.13. The first-order chi connectivity index (χ1) is 32.6. The van der Waals surface area contributed by atoms with Crippen molar-refractivity contribution in [1.29, 1.82) is 0 Å². The van der Waals surface area contributed by atoms with Crippen LogP contribution in [0.5, 0.6) is 0 Å². The first-order valence-electron chi connectivity index (χ1n) is 22.0. The van der Waals surface area contributed by atoms with E-state index in [1.54, 1.807) is 0 Å². The van der Waals surface area contributed by atoms with Crippen LogP contribution in [0.2, 0.25) is 0 Å². The van der Waals surface area contributed by atoms with E-state index in [9.17, 15) is 0 Å². The van der Waals surface area contributed by atoms with Crippen LogP contribution < -0.4 is 0 Å². The Bertz CT molecular complexity index is 3610. The van der Waals surface area contributed by atoms with Crippen molar-refractivity contribution in [3.8, 4) is 66.8 Å². The number of hydrogen-bond acceptors (Lipinski definition) is 6. The summed E-state index contributed by atoms with van der Waals surface area (Å²) in [7, 11) is 0. The lowest BCUT2D eigenvalue weighted by molar-refractivity contribution is 1.36. The zero-order chi connectivity index (χ0) is 43.6. The third kappa shape index (κ3) is 6.59. The van der Waals surface area contributed by atoms with Crippen molar-refractivity contribution in [2.24, 2.45) is 0 Å². The fraction of sp³-hybridized carbons (Fsp3) is 0. The highest BCUT2D eigenvalue weighted by molar-refractivity contribution is 6.07. The SMILES string of the molecule is c1ccc(-c2cnc3c(ccc4cc(-c5cc(-c6cnc7c(ccc8cc(-c9ccccc9)cnc87)c6)cc(-c6cnc7c(ccc8cc(-c9ccccc9)cnc87)c6)c5)cnc43)c2)cc1. The quantitative estimate of drug-likeness (QED) is 0.155. The van der Waals surface area contributed by atoms with Crippen molar-refractivity contribution in [2.75, 3.05) is 0 Å². The van der Waals surface area contributed by atoms with E-state index in [-0.39, 0.29) is 0 Å². The van der Waals surface area contributed by atoms with E-state index >= 15 is 0 Å². The maximum absolute atomic E-state index is 5.08. The second kappa shape index (κ2) is 15.4. The highest BCUT2D eigenvalue weighted by Gasteiger charge is 2.15. The molecule has 0 N–H and O–H groups in total. The molecule has 7 aromatic carbocycles. The number of fused-ring (bicyclic) bond motifs is 9. The molecule has 0 saturated heterocycles. The van der Waals surface area contributed by atoms with Crippen LogP contribution in [0.3, 0.4) is 0 Å². The highest BCUT2D eigenvalue weighted by Crippen LogP contribution is 2.38. The third-order valence-electron chi connectivity index (χ3n) is 12.8. The topological polar surface area (TPSA) is 77.3 Å². The first-order valence-corrected chi connectivity index (χ1v) is 22.0. The molecule has 6 heterocycles. The molecule has 6 heteroatoms. The molecule has 306 valence electrons. The number of rotatable bonds is 6. The average Bonchev–Trinajstić information content (AvgIpc) is 3.40. The summed E-state index contributed by atoms with van der Waals surface area (Å²) in [5.41, 5.74) is 18.0. The van der Waals surface area contributed by atoms with Gasteiger partial charge in [0.15, 0.2) is 0 Å². The van der Waals surface area contributed by atoms with Crippen LogP contribution in [0, 0.1) is 0 Å². The summed E-state index contributed by atoms with van der Waals surface area (Å²) in [6, 6.07) is 63.9. The summed E-state index contributed by atoms with van der Waals surface area (Å²) in [6.07, 6.45) is 11.7. The standard InChI is InChI=1S/C60H36N6/c1-4-10-37(11-5-1)49-22-40-16-19-43-25-52(34-64-58(43)55(40)61-31-49)46-28-47(53-26-44-20-17-41-23-50(38-12-6-2-7-13-38)32-62-56(41)59(44)65-35-53)30-48(29-46)54-27-45-21-18-42-24-51(39-14-8-3-9-15-39)33-63-57(42)60(45)66-36-54/h1-36H. The van der Waals surface area contributed by atoms with Crippen LogP contribution in [0.4, 0.5) is 0 Å². The molecular formula is C60H36N6. The Balaban J connectivity index is 0.929. The Morgan fingerprint density at radius 1 is 0.167 bits per heavy atom. The Morgan fingerprint density at radius 3 is 0.576 bits per heavy atom. The molecular weight excluding hydrogens is 805 g/mol. The van der Waals surface area contributed by atoms with E-state index in [0.29, 0.717) is 0 Å². The summed E-state index contributed by atoms with van der Waals surface area (Å²) < 4.78 is 0. The van der Waals surface area contributed by atoms with Gasteiger partial charge in [-0.1, -0.05) is 127 Å². The van der Waals surface area contributed by atoms with Crippen molar-refractivity contribution in [3.63, 3.8) is 0 Å². The van der Waals surface area contributed by atoms with Gasteiger partial charge in [0.05, 0.1) is 33.1 Å². The van der Waals surface area contributed by atoms with Gasteiger partial charge in [0.25, 0.3) is 0 Å². The van der Waals surface area contributed by atoms with Crippen LogP contribution in [0.1, 0.15) is 0 Å². The fourth-order valence-corrected chi connectivity index (χ4v) is 9.35. The lowest BCUT2D eigenvalue weighted by Crippen LogP contribution is -1.92. The first kappa shape index (κ1) is 37.5. The Labute approximate surface area is 379 Å². The summed E-state index contributed by atoms with van der Waals surface area (Å²) in [4.78, 5) is 30.0. The summed E-state index contributed by atoms with van der Waals surface area (Å²) in [5.74, 6) is 0. The van der Waals surface area contributed by atoms with Gasteiger partial charge in [-0.05, 0) is 88.0 Å². The maximum Gasteiger partial charge on any atom is 0.0965 e. The Hall–Kier alpha value is -9.00. The molecule has 0 bridgehead atoms. The molecule has 13 rings (SSSR count). The molecule has 0 aliphatic heterocycles. The Kier molecular flexibility index (Phi) is 8.74. The maximum atomic E-state index is 5.08. The van der Waals surface area contributed by atoms with E-state index in [4.69, 9.17) is 29.9 Å². The van der Waals surface area contributed by atoms with Gasteiger partial charge in [-0.2, -0.15) is 0 Å². The molecule has 6 nitrogen and oxygen atoms in total. The van der Waals surface area contributed by atoms with Gasteiger partial charge in [0.2, 0.25) is 0 Å². The average molecular weight is 841 g/mol. The van der Waals surface area contributed by atoms with Gasteiger partial charge in [-0.3, -0.25) is 29.9 Å². The second-order valence-corrected chi connectivity index (χ2v) is 16.9. The summed E-state index contributed by atoms with van der Waals surface area (Å²) in [5, 5.41) is 6.24. The van der Waals surface area contributed by atoms with Crippen molar-refractivity contribution in [1.82, 2.24) is 29.9 Å². The smallest absolute Gasteiger partial charge is 0.0965 e. The van der Waals surface area contributed by atoms with E-state index in [1.165, 1.54) is 0 Å². The van der Waals surface area contributed by atoms with Crippen molar-refractivity contribution in [2.45, 2.75) is 0 Å². The number of aromatic nitrogens is 6. The van der Waals surface area contributed by atoms with Gasteiger partial charge >= 0.3 is 0 Å². The molecule has 0 fully saturated rings. The largest absolute Gasteiger partial charge is 0.253 e. The molecule has 13 aromatic rings.